The van der Waals surface area contributed by atoms with E-state index in [9.17, 15) is 4.79 Å². The molecule has 23 heavy (non-hydrogen) atoms. The number of aromatic amines is 1. The maximum atomic E-state index is 12.7. The number of carbonyl (C=O) groups is 1. The van der Waals surface area contributed by atoms with Crippen LogP contribution in [0.2, 0.25) is 0 Å². The van der Waals surface area contributed by atoms with E-state index in [1.54, 1.807) is 0 Å². The Kier molecular flexibility index (Phi) is 3.28. The van der Waals surface area contributed by atoms with E-state index in [-0.39, 0.29) is 18.2 Å². The number of hydrogen-bond acceptors (Lipinski definition) is 2. The molecule has 1 amide bonds. The van der Waals surface area contributed by atoms with Crippen molar-refractivity contribution in [1.82, 2.24) is 9.88 Å². The molecule has 1 aromatic carbocycles. The van der Waals surface area contributed by atoms with Crippen LogP contribution >= 0.6 is 15.9 Å². The number of halogens is 1. The molecular formula is C18H21BrN2O2. The summed E-state index contributed by atoms with van der Waals surface area (Å²) in [6, 6.07) is 6.70. The lowest BCUT2D eigenvalue weighted by molar-refractivity contribution is 0.0125. The largest absolute Gasteiger partial charge is 0.444 e. The van der Waals surface area contributed by atoms with Gasteiger partial charge >= 0.3 is 6.09 Å². The second-order valence-corrected chi connectivity index (χ2v) is 8.46. The third-order valence-electron chi connectivity index (χ3n) is 4.76. The highest BCUT2D eigenvalue weighted by molar-refractivity contribution is 9.10. The summed E-state index contributed by atoms with van der Waals surface area (Å²) in [4.78, 5) is 18.2. The van der Waals surface area contributed by atoms with Gasteiger partial charge in [-0.2, -0.15) is 0 Å². The average Bonchev–Trinajstić information content (AvgIpc) is 2.94. The Labute approximate surface area is 144 Å². The van der Waals surface area contributed by atoms with Crippen molar-refractivity contribution in [2.24, 2.45) is 0 Å². The van der Waals surface area contributed by atoms with Crippen LogP contribution < -0.4 is 0 Å². The topological polar surface area (TPSA) is 45.3 Å². The number of nitrogens with zero attached hydrogens (tertiary/aromatic N) is 1. The number of carbonyl (C=O) groups excluding carboxylic acids is 1. The number of nitrogens with one attached hydrogen (secondary N) is 1. The highest BCUT2D eigenvalue weighted by Gasteiger charge is 2.45. The number of amides is 1. The second kappa shape index (κ2) is 5.00. The van der Waals surface area contributed by atoms with Crippen LogP contribution in [0.15, 0.2) is 22.7 Å². The molecule has 1 fully saturated rings. The smallest absolute Gasteiger partial charge is 0.411 e. The van der Waals surface area contributed by atoms with Crippen molar-refractivity contribution in [1.29, 1.82) is 0 Å². The number of aromatic nitrogens is 1. The highest BCUT2D eigenvalue weighted by Crippen LogP contribution is 2.47. The number of ether oxygens (including phenoxy) is 1. The lowest BCUT2D eigenvalue weighted by atomic mass is 9.97. The van der Waals surface area contributed by atoms with Crippen molar-refractivity contribution < 1.29 is 9.53 Å². The Morgan fingerprint density at radius 1 is 1.35 bits per heavy atom. The minimum atomic E-state index is -0.456. The number of benzene rings is 1. The molecule has 1 N–H and O–H groups in total. The molecule has 2 bridgehead atoms. The predicted octanol–water partition coefficient (Wildman–Crippen LogP) is 4.93. The molecular weight excluding hydrogens is 356 g/mol. The standard InChI is InChI=1S/C18H21BrN2O2/c1-18(2,3)23-17(22)21-11-5-7-15(21)16-12-6-4-10(19)8-13(12)20-14(16)9-11/h4,6,8,11,15,20H,5,7,9H2,1-3H3. The molecule has 1 saturated heterocycles. The zero-order valence-electron chi connectivity index (χ0n) is 13.6. The van der Waals surface area contributed by atoms with Crippen LogP contribution in [0.3, 0.4) is 0 Å². The summed E-state index contributed by atoms with van der Waals surface area (Å²) in [6.07, 6.45) is 2.77. The first-order valence-corrected chi connectivity index (χ1v) is 8.94. The molecule has 2 aliphatic rings. The maximum Gasteiger partial charge on any atom is 0.411 e. The fraction of sp³-hybridized carbons (Fsp3) is 0.500. The van der Waals surface area contributed by atoms with Crippen molar-refractivity contribution in [3.05, 3.63) is 33.9 Å². The van der Waals surface area contributed by atoms with Crippen molar-refractivity contribution >= 4 is 32.9 Å². The van der Waals surface area contributed by atoms with Crippen LogP contribution in [0.25, 0.3) is 10.9 Å². The Morgan fingerprint density at radius 3 is 2.87 bits per heavy atom. The van der Waals surface area contributed by atoms with Gasteiger partial charge in [0.1, 0.15) is 5.60 Å². The van der Waals surface area contributed by atoms with Gasteiger partial charge in [0.05, 0.1) is 6.04 Å². The Morgan fingerprint density at radius 2 is 2.13 bits per heavy atom. The lowest BCUT2D eigenvalue weighted by Gasteiger charge is -2.36. The van der Waals surface area contributed by atoms with Gasteiger partial charge in [0, 0.05) is 39.1 Å². The monoisotopic (exact) mass is 376 g/mol. The van der Waals surface area contributed by atoms with Crippen LogP contribution in [-0.2, 0) is 11.2 Å². The summed E-state index contributed by atoms with van der Waals surface area (Å²) in [5.74, 6) is 0. The molecule has 0 radical (unpaired) electrons. The summed E-state index contributed by atoms with van der Waals surface area (Å²) in [6.45, 7) is 5.77. The van der Waals surface area contributed by atoms with E-state index >= 15 is 0 Å². The molecule has 0 saturated carbocycles. The summed E-state index contributed by atoms with van der Waals surface area (Å²) in [5, 5.41) is 1.22. The van der Waals surface area contributed by atoms with Crippen LogP contribution in [0.1, 0.15) is 50.9 Å². The van der Waals surface area contributed by atoms with Crippen molar-refractivity contribution in [2.75, 3.05) is 0 Å². The minimum absolute atomic E-state index is 0.133. The lowest BCUT2D eigenvalue weighted by Crippen LogP contribution is -2.44. The van der Waals surface area contributed by atoms with Crippen molar-refractivity contribution in [3.63, 3.8) is 0 Å². The first-order valence-electron chi connectivity index (χ1n) is 8.15. The second-order valence-electron chi connectivity index (χ2n) is 7.55. The normalized spacial score (nSPS) is 23.2. The number of fused-ring (bicyclic) bond motifs is 6. The quantitative estimate of drug-likeness (QED) is 0.708. The number of H-pyrrole nitrogens is 1. The summed E-state index contributed by atoms with van der Waals surface area (Å²) < 4.78 is 6.72. The van der Waals surface area contributed by atoms with Crippen molar-refractivity contribution in [2.45, 2.75) is 57.7 Å². The van der Waals surface area contributed by atoms with Crippen molar-refractivity contribution in [3.8, 4) is 0 Å². The van der Waals surface area contributed by atoms with Crippen LogP contribution in [0, 0.1) is 0 Å². The van der Waals surface area contributed by atoms with Gasteiger partial charge in [0.2, 0.25) is 0 Å². The summed E-state index contributed by atoms with van der Waals surface area (Å²) in [5.41, 5.74) is 3.25. The average molecular weight is 377 g/mol. The molecule has 1 aromatic heterocycles. The van der Waals surface area contributed by atoms with Crippen LogP contribution in [0.4, 0.5) is 4.79 Å². The molecule has 4 rings (SSSR count). The molecule has 5 heteroatoms. The summed E-state index contributed by atoms with van der Waals surface area (Å²) >= 11 is 3.53. The fourth-order valence-electron chi connectivity index (χ4n) is 3.98. The molecule has 0 spiro atoms. The number of hydrogen-bond donors (Lipinski definition) is 1. The molecule has 0 aliphatic carbocycles. The molecule has 122 valence electrons. The molecule has 2 aromatic rings. The minimum Gasteiger partial charge on any atom is -0.444 e. The van der Waals surface area contributed by atoms with Crippen LogP contribution in [0.5, 0.6) is 0 Å². The highest BCUT2D eigenvalue weighted by atomic mass is 79.9. The van der Waals surface area contributed by atoms with E-state index in [1.807, 2.05) is 25.7 Å². The zero-order valence-corrected chi connectivity index (χ0v) is 15.2. The van der Waals surface area contributed by atoms with E-state index in [0.717, 1.165) is 29.3 Å². The third kappa shape index (κ3) is 2.45. The van der Waals surface area contributed by atoms with E-state index in [0.29, 0.717) is 0 Å². The maximum absolute atomic E-state index is 12.7. The van der Waals surface area contributed by atoms with Gasteiger partial charge in [-0.1, -0.05) is 22.0 Å². The van der Waals surface area contributed by atoms with Gasteiger partial charge in [0.15, 0.2) is 0 Å². The molecule has 2 unspecified atom stereocenters. The van der Waals surface area contributed by atoms with Gasteiger partial charge < -0.3 is 9.72 Å². The van der Waals surface area contributed by atoms with Gasteiger partial charge in [-0.3, -0.25) is 4.90 Å². The molecule has 2 aliphatic heterocycles. The van der Waals surface area contributed by atoms with E-state index < -0.39 is 5.60 Å². The van der Waals surface area contributed by atoms with E-state index in [1.165, 1.54) is 16.6 Å². The van der Waals surface area contributed by atoms with Crippen LogP contribution in [-0.4, -0.2) is 27.6 Å². The zero-order chi connectivity index (χ0) is 16.4. The fourth-order valence-corrected chi connectivity index (χ4v) is 4.34. The Hall–Kier alpha value is -1.49. The molecule has 4 nitrogen and oxygen atoms in total. The first-order chi connectivity index (χ1) is 10.8. The first kappa shape index (κ1) is 15.1. The van der Waals surface area contributed by atoms with Gasteiger partial charge in [0.25, 0.3) is 0 Å². The number of rotatable bonds is 0. The Balaban J connectivity index is 1.76. The SMILES string of the molecule is CC(C)(C)OC(=O)N1C2CCC1c1c([nH]c3cc(Br)ccc13)C2. The van der Waals surface area contributed by atoms with Gasteiger partial charge in [-0.15, -0.1) is 0 Å². The summed E-state index contributed by atoms with van der Waals surface area (Å²) in [7, 11) is 0. The van der Waals surface area contributed by atoms with E-state index in [2.05, 4.69) is 39.1 Å². The molecule has 3 heterocycles. The van der Waals surface area contributed by atoms with Gasteiger partial charge in [-0.25, -0.2) is 4.79 Å². The van der Waals surface area contributed by atoms with Gasteiger partial charge in [-0.05, 0) is 45.7 Å². The predicted molar refractivity (Wildman–Crippen MR) is 93.5 cm³/mol. The Bertz CT molecular complexity index is 790. The third-order valence-corrected chi connectivity index (χ3v) is 5.26. The molecule has 2 atom stereocenters. The van der Waals surface area contributed by atoms with E-state index in [4.69, 9.17) is 4.74 Å².